The van der Waals surface area contributed by atoms with E-state index in [1.165, 1.54) is 0 Å². The third kappa shape index (κ3) is 10.8. The molecule has 0 saturated carbocycles. The van der Waals surface area contributed by atoms with Gasteiger partial charge in [0.25, 0.3) is 5.01 Å². The number of carbonyl (C=O) groups is 4. The van der Waals surface area contributed by atoms with E-state index in [1.54, 1.807) is 47.8 Å². The Morgan fingerprint density at radius 2 is 1.06 bits per heavy atom. The average molecular weight is 1210 g/mol. The molecule has 0 fully saturated rings. The van der Waals surface area contributed by atoms with Crippen LogP contribution in [0.4, 0.5) is 17.1 Å². The number of hydrogen-bond acceptors (Lipinski definition) is 9. The molecule has 13 heteroatoms. The van der Waals surface area contributed by atoms with E-state index in [-0.39, 0.29) is 73.6 Å². The number of para-hydroxylation sites is 1. The zero-order valence-electron chi connectivity index (χ0n) is 53.5. The number of aromatic nitrogens is 1. The number of carboxylic acid groups (broad SMARTS) is 1. The molecule has 89 heavy (non-hydrogen) atoms. The number of thiazole rings is 1. The van der Waals surface area contributed by atoms with Crippen LogP contribution in [0, 0.1) is 0 Å². The van der Waals surface area contributed by atoms with Crippen LogP contribution in [0.15, 0.2) is 142 Å². The maximum atomic E-state index is 14.8. The molecule has 1 N–H and O–H groups in total. The number of hydrogen-bond donors (Lipinski definition) is 1. The standard InChI is InChI=1S/C76H84N4O8S/c1-11-15-19-21-25-37-78-56-32-29-46(65-69(83)51(70(65)84)44-63-76(9,10)55-41-48(73(87)88)31-34-58(55)77(63)35-17-13-3)39-53(56)74(5,6)61(78)42-49-67(81)50(68(49)82)43-62-75(7,8)54-40-47(30-33-57(54)79(62)38-26-22-20-16-12-2)66-71(85)52(72(66)86)45-64-80(36-18-14-4)59-27-23-24-28-60(59)89-64/h23-24,27-34,39-45H,11-22,25-26,35-38H2,1-10H3,(H-3,81,82,83,84,85,86,87,88). The average Bonchev–Trinajstić information content (AvgIpc) is 1.66. The van der Waals surface area contributed by atoms with Crippen molar-refractivity contribution >= 4 is 90.6 Å². The van der Waals surface area contributed by atoms with Crippen molar-refractivity contribution in [1.29, 1.82) is 0 Å². The molecular weight excluding hydrogens is 1130 g/mol. The monoisotopic (exact) mass is 1210 g/mol. The fourth-order valence-corrected chi connectivity index (χ4v) is 15.3. The van der Waals surface area contributed by atoms with Gasteiger partial charge in [-0.2, -0.15) is 13.7 Å². The number of benzene rings is 4. The van der Waals surface area contributed by atoms with Gasteiger partial charge < -0.3 is 25.3 Å². The summed E-state index contributed by atoms with van der Waals surface area (Å²) < 4.78 is 7.64. The van der Waals surface area contributed by atoms with Crippen LogP contribution in [0.3, 0.4) is 0 Å². The van der Waals surface area contributed by atoms with E-state index in [0.717, 1.165) is 163 Å². The van der Waals surface area contributed by atoms with Crippen molar-refractivity contribution in [2.24, 2.45) is 0 Å². The van der Waals surface area contributed by atoms with Crippen LogP contribution < -0.4 is 24.8 Å². The number of unbranched alkanes of at least 4 members (excludes halogenated alkanes) is 10. The van der Waals surface area contributed by atoms with Crippen LogP contribution in [-0.2, 0) is 37.2 Å². The second-order valence-corrected chi connectivity index (χ2v) is 27.6. The lowest BCUT2D eigenvalue weighted by atomic mass is 9.75. The predicted octanol–water partition coefficient (Wildman–Crippen LogP) is 13.0. The molecule has 5 aromatic rings. The third-order valence-corrected chi connectivity index (χ3v) is 20.7. The summed E-state index contributed by atoms with van der Waals surface area (Å²) in [6, 6.07) is 24.8. The highest BCUT2D eigenvalue weighted by Gasteiger charge is 2.49. The van der Waals surface area contributed by atoms with Crippen molar-refractivity contribution in [2.75, 3.05) is 24.5 Å². The highest BCUT2D eigenvalue weighted by molar-refractivity contribution is 7.18. The molecule has 4 heterocycles. The van der Waals surface area contributed by atoms with Gasteiger partial charge in [0.1, 0.15) is 17.8 Å². The second-order valence-electron chi connectivity index (χ2n) is 26.5. The normalized spacial score (nSPS) is 19.9. The lowest BCUT2D eigenvalue weighted by Gasteiger charge is -2.33. The van der Waals surface area contributed by atoms with Gasteiger partial charge in [0.05, 0.1) is 16.4 Å². The van der Waals surface area contributed by atoms with E-state index in [2.05, 4.69) is 86.1 Å². The number of carboxylic acids is 1. The summed E-state index contributed by atoms with van der Waals surface area (Å²) in [5.41, 5.74) is 8.68. The van der Waals surface area contributed by atoms with Crippen LogP contribution in [0.25, 0.3) is 27.4 Å². The van der Waals surface area contributed by atoms with Crippen molar-refractivity contribution in [3.05, 3.63) is 181 Å². The molecule has 3 aliphatic heterocycles. The Kier molecular flexibility index (Phi) is 17.4. The van der Waals surface area contributed by atoms with Gasteiger partial charge in [0, 0.05) is 124 Å². The predicted molar refractivity (Wildman–Crippen MR) is 350 cm³/mol. The Labute approximate surface area is 528 Å². The minimum absolute atomic E-state index is 0.0943. The van der Waals surface area contributed by atoms with Gasteiger partial charge in [0.15, 0.2) is 35.3 Å². The van der Waals surface area contributed by atoms with Gasteiger partial charge in [-0.15, -0.1) is 0 Å². The smallest absolute Gasteiger partial charge is 0.335 e. The van der Waals surface area contributed by atoms with E-state index < -0.39 is 22.2 Å². The number of aryl methyl sites for hydroxylation is 1. The Bertz CT molecular complexity index is 4120. The summed E-state index contributed by atoms with van der Waals surface area (Å²) in [7, 11) is 0. The van der Waals surface area contributed by atoms with E-state index in [1.807, 2.05) is 68.4 Å². The van der Waals surface area contributed by atoms with Gasteiger partial charge in [-0.1, -0.05) is 146 Å². The third-order valence-electron chi connectivity index (χ3n) is 19.6. The SMILES string of the molecule is CCCCCCCN1/C(=C/C2=C([O-])C(=C\C3=[N+](CCCCCCC)c4ccc(C5=C([O-])/C(=C/C6=[N+](CCCC)c7ccc(C(=O)O)cc7C6(C)C)C5=O)cc4C3(C)C)/C2=O)C(C)(C)c2cc(C3=C([O-])/C(=C/c4sc5ccccc5[n+]4CCCC)C3=O)ccc21. The summed E-state index contributed by atoms with van der Waals surface area (Å²) in [6.07, 6.45) is 21.2. The largest absolute Gasteiger partial charge is 0.871 e. The molecule has 0 bridgehead atoms. The summed E-state index contributed by atoms with van der Waals surface area (Å²) in [4.78, 5) is 57.5. The molecule has 11 rings (SSSR count). The summed E-state index contributed by atoms with van der Waals surface area (Å²) in [6.45, 7) is 23.7. The molecule has 0 radical (unpaired) electrons. The summed E-state index contributed by atoms with van der Waals surface area (Å²) >= 11 is 1.58. The van der Waals surface area contributed by atoms with Crippen LogP contribution in [0.5, 0.6) is 0 Å². The van der Waals surface area contributed by atoms with E-state index in [4.69, 9.17) is 0 Å². The first-order chi connectivity index (χ1) is 42.6. The van der Waals surface area contributed by atoms with Gasteiger partial charge >= 0.3 is 5.97 Å². The lowest BCUT2D eigenvalue weighted by Crippen LogP contribution is -2.36. The number of rotatable bonds is 25. The molecule has 6 aliphatic rings. The Balaban J connectivity index is 0.913. The molecule has 462 valence electrons. The van der Waals surface area contributed by atoms with Crippen molar-refractivity contribution in [3.63, 3.8) is 0 Å². The number of Topliss-reactive ketones (excluding diaryl/α,β-unsaturated/α-hetero) is 3. The first kappa shape index (κ1) is 62.6. The van der Waals surface area contributed by atoms with E-state index in [9.17, 15) is 39.6 Å². The molecule has 4 aromatic carbocycles. The highest BCUT2D eigenvalue weighted by Crippen LogP contribution is 2.52. The van der Waals surface area contributed by atoms with Crippen molar-refractivity contribution in [2.45, 2.75) is 182 Å². The van der Waals surface area contributed by atoms with Crippen LogP contribution in [-0.4, -0.2) is 68.6 Å². The quantitative estimate of drug-likeness (QED) is 0.0339. The molecule has 3 aliphatic carbocycles. The molecule has 0 spiro atoms. The number of fused-ring (bicyclic) bond motifs is 4. The lowest BCUT2D eigenvalue weighted by molar-refractivity contribution is -0.669. The minimum atomic E-state index is -1.02. The first-order valence-electron chi connectivity index (χ1n) is 32.5. The maximum Gasteiger partial charge on any atom is 0.335 e. The summed E-state index contributed by atoms with van der Waals surface area (Å²) in [5, 5.41) is 54.0. The molecule has 0 saturated heterocycles. The number of anilines is 1. The minimum Gasteiger partial charge on any atom is -0.871 e. The van der Waals surface area contributed by atoms with Crippen LogP contribution in [0.1, 0.15) is 202 Å². The second kappa shape index (κ2) is 24.7. The zero-order valence-corrected chi connectivity index (χ0v) is 54.4. The Hall–Kier alpha value is -8.03. The zero-order chi connectivity index (χ0) is 63.4. The Morgan fingerprint density at radius 3 is 1.65 bits per heavy atom. The van der Waals surface area contributed by atoms with Crippen LogP contribution in [0.2, 0.25) is 0 Å². The van der Waals surface area contributed by atoms with Crippen molar-refractivity contribution < 1.29 is 53.3 Å². The van der Waals surface area contributed by atoms with Crippen LogP contribution >= 0.6 is 11.3 Å². The maximum absolute atomic E-state index is 14.8. The molecule has 0 unspecified atom stereocenters. The molecular formula is C76H84N4O8S. The molecule has 1 aromatic heterocycles. The number of carbonyl (C=O) groups excluding carboxylic acids is 3. The number of ketones is 3. The van der Waals surface area contributed by atoms with E-state index in [0.29, 0.717) is 30.8 Å². The van der Waals surface area contributed by atoms with Crippen molar-refractivity contribution in [1.82, 2.24) is 0 Å². The summed E-state index contributed by atoms with van der Waals surface area (Å²) in [5.74, 6) is -2.93. The number of aromatic carboxylic acids is 1. The topological polar surface area (TPSA) is 171 Å². The van der Waals surface area contributed by atoms with Gasteiger partial charge in [0.2, 0.25) is 16.9 Å². The number of allylic oxidation sites excluding steroid dienone is 10. The first-order valence-corrected chi connectivity index (χ1v) is 33.4. The van der Waals surface area contributed by atoms with Gasteiger partial charge in [-0.05, 0) is 106 Å². The molecule has 12 nitrogen and oxygen atoms in total. The fraction of sp³-hybridized carbons (Fsp3) is 0.408. The highest BCUT2D eigenvalue weighted by atomic mass is 32.1. The van der Waals surface area contributed by atoms with Gasteiger partial charge in [-0.25, -0.2) is 4.79 Å². The van der Waals surface area contributed by atoms with E-state index >= 15 is 0 Å². The number of nitrogens with zero attached hydrogens (tertiary/aromatic N) is 4. The molecule has 0 amide bonds. The molecule has 0 atom stereocenters. The Morgan fingerprint density at radius 1 is 0.539 bits per heavy atom. The fourth-order valence-electron chi connectivity index (χ4n) is 14.2. The van der Waals surface area contributed by atoms with Gasteiger partial charge in [-0.3, -0.25) is 14.4 Å². The van der Waals surface area contributed by atoms with Crippen molar-refractivity contribution in [3.8, 4) is 0 Å².